The quantitative estimate of drug-likeness (QED) is 0.539. The van der Waals surface area contributed by atoms with Gasteiger partial charge < -0.3 is 10.1 Å². The van der Waals surface area contributed by atoms with Crippen LogP contribution in [0.5, 0.6) is 5.75 Å². The van der Waals surface area contributed by atoms with Crippen LogP contribution in [0.2, 0.25) is 5.02 Å². The van der Waals surface area contributed by atoms with E-state index < -0.39 is 0 Å². The van der Waals surface area contributed by atoms with Gasteiger partial charge in [-0.15, -0.1) is 11.3 Å². The van der Waals surface area contributed by atoms with E-state index in [0.29, 0.717) is 28.0 Å². The Kier molecular flexibility index (Phi) is 6.29. The number of aromatic nitrogens is 2. The SMILES string of the molecule is Cc1nc(COc2ccc(Cl)cc2)sc1C(=O)NC1NNC(c2ccncc2)C1C. The van der Waals surface area contributed by atoms with Gasteiger partial charge in [0.15, 0.2) is 0 Å². The molecule has 3 unspecified atom stereocenters. The molecular weight excluding hydrogens is 422 g/mol. The highest BCUT2D eigenvalue weighted by Crippen LogP contribution is 2.28. The largest absolute Gasteiger partial charge is 0.486 e. The highest BCUT2D eigenvalue weighted by Gasteiger charge is 2.34. The number of thiazole rings is 1. The smallest absolute Gasteiger partial charge is 0.264 e. The topological polar surface area (TPSA) is 88.2 Å². The molecule has 0 spiro atoms. The van der Waals surface area contributed by atoms with Gasteiger partial charge in [0.1, 0.15) is 22.2 Å². The van der Waals surface area contributed by atoms with Gasteiger partial charge in [0.2, 0.25) is 0 Å². The summed E-state index contributed by atoms with van der Waals surface area (Å²) in [5.41, 5.74) is 8.25. The van der Waals surface area contributed by atoms with E-state index in [2.05, 4.69) is 33.1 Å². The zero-order chi connectivity index (χ0) is 21.1. The molecule has 3 N–H and O–H groups in total. The summed E-state index contributed by atoms with van der Waals surface area (Å²) in [5, 5.41) is 4.46. The molecule has 9 heteroatoms. The molecule has 30 heavy (non-hydrogen) atoms. The fourth-order valence-electron chi connectivity index (χ4n) is 3.37. The predicted molar refractivity (Wildman–Crippen MR) is 116 cm³/mol. The molecule has 1 fully saturated rings. The summed E-state index contributed by atoms with van der Waals surface area (Å²) in [7, 11) is 0. The molecule has 3 atom stereocenters. The van der Waals surface area contributed by atoms with Crippen LogP contribution in [0.3, 0.4) is 0 Å². The van der Waals surface area contributed by atoms with Crippen molar-refractivity contribution in [2.24, 2.45) is 5.92 Å². The minimum absolute atomic E-state index is 0.0872. The van der Waals surface area contributed by atoms with E-state index in [9.17, 15) is 4.79 Å². The molecule has 4 rings (SSSR count). The molecule has 7 nitrogen and oxygen atoms in total. The lowest BCUT2D eigenvalue weighted by Crippen LogP contribution is -2.46. The molecule has 1 saturated heterocycles. The van der Waals surface area contributed by atoms with Crippen molar-refractivity contribution in [1.82, 2.24) is 26.1 Å². The molecule has 1 amide bonds. The molecule has 0 aliphatic carbocycles. The number of benzene rings is 1. The Morgan fingerprint density at radius 3 is 2.67 bits per heavy atom. The molecule has 2 aromatic heterocycles. The van der Waals surface area contributed by atoms with Crippen molar-refractivity contribution < 1.29 is 9.53 Å². The lowest BCUT2D eigenvalue weighted by Gasteiger charge is -2.19. The van der Waals surface area contributed by atoms with Gasteiger partial charge in [-0.05, 0) is 48.9 Å². The first-order valence-electron chi connectivity index (χ1n) is 9.58. The van der Waals surface area contributed by atoms with E-state index in [0.717, 1.165) is 10.6 Å². The van der Waals surface area contributed by atoms with Gasteiger partial charge in [-0.3, -0.25) is 9.78 Å². The second-order valence-electron chi connectivity index (χ2n) is 7.12. The Morgan fingerprint density at radius 2 is 1.93 bits per heavy atom. The Bertz CT molecular complexity index is 1010. The Balaban J connectivity index is 1.37. The molecule has 0 radical (unpaired) electrons. The summed E-state index contributed by atoms with van der Waals surface area (Å²) < 4.78 is 5.74. The number of pyridine rings is 1. The third-order valence-electron chi connectivity index (χ3n) is 5.02. The van der Waals surface area contributed by atoms with E-state index in [-0.39, 0.29) is 24.0 Å². The van der Waals surface area contributed by atoms with Crippen molar-refractivity contribution >= 4 is 28.8 Å². The van der Waals surface area contributed by atoms with Gasteiger partial charge in [-0.25, -0.2) is 15.8 Å². The van der Waals surface area contributed by atoms with Gasteiger partial charge in [0.05, 0.1) is 17.9 Å². The number of carbonyl (C=O) groups excluding carboxylic acids is 1. The van der Waals surface area contributed by atoms with Gasteiger partial charge in [0.25, 0.3) is 5.91 Å². The minimum Gasteiger partial charge on any atom is -0.486 e. The van der Waals surface area contributed by atoms with Crippen molar-refractivity contribution in [1.29, 1.82) is 0 Å². The Hall–Kier alpha value is -2.52. The van der Waals surface area contributed by atoms with Crippen LogP contribution < -0.4 is 20.9 Å². The van der Waals surface area contributed by atoms with Crippen LogP contribution in [0.4, 0.5) is 0 Å². The summed E-state index contributed by atoms with van der Waals surface area (Å²) in [5.74, 6) is 0.706. The van der Waals surface area contributed by atoms with E-state index >= 15 is 0 Å². The zero-order valence-corrected chi connectivity index (χ0v) is 18.1. The Labute approximate surface area is 183 Å². The van der Waals surface area contributed by atoms with Gasteiger partial charge in [-0.2, -0.15) is 0 Å². The lowest BCUT2D eigenvalue weighted by atomic mass is 9.95. The minimum atomic E-state index is -0.203. The van der Waals surface area contributed by atoms with Gasteiger partial charge in [0, 0.05) is 23.3 Å². The third kappa shape index (κ3) is 4.62. The molecule has 156 valence electrons. The molecule has 1 aromatic carbocycles. The van der Waals surface area contributed by atoms with Crippen molar-refractivity contribution in [3.8, 4) is 5.75 Å². The molecule has 0 saturated carbocycles. The molecule has 1 aliphatic heterocycles. The molecule has 0 bridgehead atoms. The molecule has 3 heterocycles. The number of halogens is 1. The van der Waals surface area contributed by atoms with Gasteiger partial charge >= 0.3 is 0 Å². The highest BCUT2D eigenvalue weighted by molar-refractivity contribution is 7.13. The molecule has 1 aliphatic rings. The fraction of sp³-hybridized carbons (Fsp3) is 0.286. The summed E-state index contributed by atoms with van der Waals surface area (Å²) >= 11 is 7.23. The zero-order valence-electron chi connectivity index (χ0n) is 16.6. The van der Waals surface area contributed by atoms with Crippen LogP contribution >= 0.6 is 22.9 Å². The fourth-order valence-corrected chi connectivity index (χ4v) is 4.37. The normalized spacial score (nSPS) is 20.8. The number of hydrogen-bond donors (Lipinski definition) is 3. The van der Waals surface area contributed by atoms with Crippen LogP contribution in [0.15, 0.2) is 48.8 Å². The molecule has 3 aromatic rings. The van der Waals surface area contributed by atoms with Crippen molar-refractivity contribution in [3.05, 3.63) is 75.0 Å². The average molecular weight is 444 g/mol. The van der Waals surface area contributed by atoms with Crippen LogP contribution in [0.1, 0.15) is 38.9 Å². The maximum absolute atomic E-state index is 12.9. The summed E-state index contributed by atoms with van der Waals surface area (Å²) in [6, 6.07) is 11.2. The van der Waals surface area contributed by atoms with Crippen molar-refractivity contribution in [3.63, 3.8) is 0 Å². The van der Waals surface area contributed by atoms with Gasteiger partial charge in [-0.1, -0.05) is 18.5 Å². The van der Waals surface area contributed by atoms with Crippen molar-refractivity contribution in [2.45, 2.75) is 32.7 Å². The van der Waals surface area contributed by atoms with E-state index in [1.807, 2.05) is 19.1 Å². The Morgan fingerprint density at radius 1 is 1.20 bits per heavy atom. The number of carbonyl (C=O) groups is 1. The van der Waals surface area contributed by atoms with E-state index in [4.69, 9.17) is 16.3 Å². The van der Waals surface area contributed by atoms with E-state index in [1.165, 1.54) is 11.3 Å². The number of aryl methyl sites for hydroxylation is 1. The van der Waals surface area contributed by atoms with E-state index in [1.54, 1.807) is 36.7 Å². The maximum Gasteiger partial charge on any atom is 0.264 e. The second kappa shape index (κ2) is 9.09. The first-order valence-corrected chi connectivity index (χ1v) is 10.8. The number of nitrogens with zero attached hydrogens (tertiary/aromatic N) is 2. The van der Waals surface area contributed by atoms with Crippen LogP contribution in [-0.4, -0.2) is 22.0 Å². The van der Waals surface area contributed by atoms with Crippen molar-refractivity contribution in [2.75, 3.05) is 0 Å². The third-order valence-corrected chi connectivity index (χ3v) is 6.40. The maximum atomic E-state index is 12.9. The number of hydrazine groups is 1. The van der Waals surface area contributed by atoms with Crippen LogP contribution in [-0.2, 0) is 6.61 Å². The average Bonchev–Trinajstić information content (AvgIpc) is 3.31. The van der Waals surface area contributed by atoms with Crippen LogP contribution in [0.25, 0.3) is 0 Å². The summed E-state index contributed by atoms with van der Waals surface area (Å²) in [6.07, 6.45) is 3.33. The molecular formula is C21H22ClN5O2S. The summed E-state index contributed by atoms with van der Waals surface area (Å²) in [6.45, 7) is 4.22. The number of rotatable bonds is 6. The standard InChI is InChI=1S/C21H22ClN5O2S/c1-12-18(14-7-9-23-10-8-14)26-27-20(12)25-21(28)19-13(2)24-17(30-19)11-29-16-5-3-15(22)4-6-16/h3-10,12,18,20,26-27H,11H2,1-2H3,(H,25,28). The number of nitrogens with one attached hydrogen (secondary N) is 3. The lowest BCUT2D eigenvalue weighted by molar-refractivity contribution is 0.0926. The summed E-state index contributed by atoms with van der Waals surface area (Å²) in [4.78, 5) is 22.0. The number of ether oxygens (including phenoxy) is 1. The highest BCUT2D eigenvalue weighted by atomic mass is 35.5. The number of amides is 1. The first kappa shape index (κ1) is 20.7. The predicted octanol–water partition coefficient (Wildman–Crippen LogP) is 3.62. The van der Waals surface area contributed by atoms with Crippen LogP contribution in [0, 0.1) is 12.8 Å². The first-order chi connectivity index (χ1) is 14.5. The number of hydrogen-bond acceptors (Lipinski definition) is 7. The monoisotopic (exact) mass is 443 g/mol. The second-order valence-corrected chi connectivity index (χ2v) is 8.64.